The number of aryl methyl sites for hydroxylation is 1. The molecule has 0 spiro atoms. The van der Waals surface area contributed by atoms with Gasteiger partial charge in [0.25, 0.3) is 5.56 Å². The van der Waals surface area contributed by atoms with Crippen LogP contribution in [0, 0.1) is 99.6 Å². The maximum absolute atomic E-state index is 16.6. The fraction of sp³-hybridized carbons (Fsp3) is 0.596. The zero-order chi connectivity index (χ0) is 88.0. The normalized spacial score (nSPS) is 30.2. The summed E-state index contributed by atoms with van der Waals surface area (Å²) >= 11 is 0. The highest BCUT2D eigenvalue weighted by molar-refractivity contribution is 5.51. The molecule has 0 radical (unpaired) electrons. The first-order valence-electron chi connectivity index (χ1n) is 48.6. The predicted octanol–water partition coefficient (Wildman–Crippen LogP) is 24.8. The van der Waals surface area contributed by atoms with Gasteiger partial charge in [-0.15, -0.1) is 0 Å². The molecule has 17 heteroatoms. The number of methoxy groups -OCH3 is 2. The van der Waals surface area contributed by atoms with E-state index in [2.05, 4.69) is 104 Å². The minimum Gasteiger partial charge on any atom is -0.497 e. The van der Waals surface area contributed by atoms with Gasteiger partial charge in [0.2, 0.25) is 0 Å². The van der Waals surface area contributed by atoms with Gasteiger partial charge in [-0.3, -0.25) is 9.36 Å². The Bertz CT molecular complexity index is 5140. The molecule has 9 aliphatic rings. The molecule has 126 heavy (non-hydrogen) atoms. The molecular formula is C109H142N4O13. The van der Waals surface area contributed by atoms with Crippen LogP contribution in [-0.4, -0.2) is 77.9 Å². The van der Waals surface area contributed by atoms with Crippen LogP contribution in [0.15, 0.2) is 188 Å². The average molecular weight is 1720 g/mol. The molecule has 1 aliphatic heterocycles. The SMILES string of the molecule is CCOc1ccc(C(O[C@H]2C[C@H](n3cc(C)c(=O)n(C(c4ccno4)c4ccc(OCC)cc4OC4CC[C@@]5(C)C(=CC[C@H]6[C@@H]7CC[C@H]([C@H](C)CCCC(C)C)[C@@]7(C)CC[C@@H]65)C4)c3=O)O[C@@H]2COC(c2ccccc2)(c2ccc(OC)cc2)c2ccc(OC)cc2)c2ccno2)c(O[C@H]2CC[C@@]3(C)C(=CC[C@H]4[C@@H]5CC[C@H]([C@H](C)CCCC(C)C)[C@@]5(C)CC[C@@H]43)C2)c1. The molecule has 676 valence electrons. The highest BCUT2D eigenvalue weighted by Gasteiger charge is 2.62. The van der Waals surface area contributed by atoms with E-state index in [0.717, 1.165) is 115 Å². The molecular weight excluding hydrogens is 1570 g/mol. The number of fused-ring (bicyclic) bond motifs is 10. The number of aromatic nitrogens is 4. The first-order valence-corrected chi connectivity index (χ1v) is 48.6. The summed E-state index contributed by atoms with van der Waals surface area (Å²) in [7, 11) is 3.32. The van der Waals surface area contributed by atoms with Crippen molar-refractivity contribution in [2.45, 2.75) is 286 Å². The third-order valence-corrected chi connectivity index (χ3v) is 33.7. The fourth-order valence-corrected chi connectivity index (χ4v) is 27.3. The second kappa shape index (κ2) is 37.4. The van der Waals surface area contributed by atoms with E-state index in [9.17, 15) is 0 Å². The smallest absolute Gasteiger partial charge is 0.334 e. The maximum Gasteiger partial charge on any atom is 0.334 e. The monoisotopic (exact) mass is 1720 g/mol. The fourth-order valence-electron chi connectivity index (χ4n) is 27.3. The van der Waals surface area contributed by atoms with Gasteiger partial charge in [-0.25, -0.2) is 9.36 Å². The Kier molecular flexibility index (Phi) is 26.6. The van der Waals surface area contributed by atoms with Gasteiger partial charge in [-0.1, -0.05) is 196 Å². The van der Waals surface area contributed by atoms with Gasteiger partial charge in [0, 0.05) is 66.4 Å². The number of hydrogen-bond donors (Lipinski definition) is 0. The molecule has 17 rings (SSSR count). The van der Waals surface area contributed by atoms with Crippen LogP contribution in [0.4, 0.5) is 0 Å². The summed E-state index contributed by atoms with van der Waals surface area (Å²) in [6, 6.07) is 40.2. The van der Waals surface area contributed by atoms with Crippen molar-refractivity contribution < 1.29 is 51.7 Å². The summed E-state index contributed by atoms with van der Waals surface area (Å²) in [6.07, 6.45) is 32.3. The Morgan fingerprint density at radius 1 is 0.540 bits per heavy atom. The van der Waals surface area contributed by atoms with Crippen LogP contribution in [0.2, 0.25) is 0 Å². The molecule has 1 saturated heterocycles. The number of ether oxygens (including phenoxy) is 9. The second-order valence-electron chi connectivity index (χ2n) is 41.5. The summed E-state index contributed by atoms with van der Waals surface area (Å²) in [5.74, 6) is 13.3. The second-order valence-corrected chi connectivity index (χ2v) is 41.5. The summed E-state index contributed by atoms with van der Waals surface area (Å²) in [5, 5.41) is 8.62. The minimum absolute atomic E-state index is 0.0714. The van der Waals surface area contributed by atoms with E-state index in [-0.39, 0.29) is 41.8 Å². The van der Waals surface area contributed by atoms with Crippen molar-refractivity contribution in [2.24, 2.45) is 92.7 Å². The molecule has 6 saturated carbocycles. The number of allylic oxidation sites excluding steroid dienone is 2. The van der Waals surface area contributed by atoms with Crippen molar-refractivity contribution in [1.29, 1.82) is 0 Å². The van der Waals surface area contributed by atoms with Crippen molar-refractivity contribution in [1.82, 2.24) is 19.4 Å². The number of rotatable bonds is 34. The average Bonchev–Trinajstić information content (AvgIpc) is 1.48. The van der Waals surface area contributed by atoms with E-state index >= 15 is 9.59 Å². The largest absolute Gasteiger partial charge is 0.497 e. The first-order chi connectivity index (χ1) is 60.9. The van der Waals surface area contributed by atoms with Crippen molar-refractivity contribution >= 4 is 0 Å². The van der Waals surface area contributed by atoms with E-state index in [1.165, 1.54) is 100 Å². The maximum atomic E-state index is 16.6. The van der Waals surface area contributed by atoms with E-state index in [4.69, 9.17) is 51.7 Å². The zero-order valence-corrected chi connectivity index (χ0v) is 78.0. The molecule has 8 aromatic rings. The number of benzene rings is 5. The zero-order valence-electron chi connectivity index (χ0n) is 78.0. The van der Waals surface area contributed by atoms with Crippen LogP contribution in [0.25, 0.3) is 0 Å². The van der Waals surface area contributed by atoms with Gasteiger partial charge in [-0.05, 0) is 269 Å². The first kappa shape index (κ1) is 89.3. The van der Waals surface area contributed by atoms with Crippen molar-refractivity contribution in [2.75, 3.05) is 34.0 Å². The molecule has 7 fully saturated rings. The summed E-state index contributed by atoms with van der Waals surface area (Å²) in [4.78, 5) is 32.3. The van der Waals surface area contributed by atoms with Crippen molar-refractivity contribution in [3.8, 4) is 34.5 Å². The summed E-state index contributed by atoms with van der Waals surface area (Å²) < 4.78 is 77.8. The lowest BCUT2D eigenvalue weighted by Crippen LogP contribution is -2.51. The lowest BCUT2D eigenvalue weighted by molar-refractivity contribution is -0.114. The number of nitrogens with zero attached hydrogens (tertiary/aromatic N) is 4. The van der Waals surface area contributed by atoms with Gasteiger partial charge in [0.05, 0.1) is 52.5 Å². The Balaban J connectivity index is 0.707. The van der Waals surface area contributed by atoms with Crippen molar-refractivity contribution in [3.63, 3.8) is 0 Å². The van der Waals surface area contributed by atoms with Crippen LogP contribution in [0.1, 0.15) is 294 Å². The predicted molar refractivity (Wildman–Crippen MR) is 494 cm³/mol. The van der Waals surface area contributed by atoms with Crippen LogP contribution in [0.5, 0.6) is 34.5 Å². The Hall–Kier alpha value is -8.64. The lowest BCUT2D eigenvalue weighted by atomic mass is 9.47. The number of hydrogen-bond acceptors (Lipinski definition) is 15. The Labute approximate surface area is 749 Å². The molecule has 3 aromatic heterocycles. The summed E-state index contributed by atoms with van der Waals surface area (Å²) in [6.45, 7) is 31.7. The van der Waals surface area contributed by atoms with Gasteiger partial charge < -0.3 is 51.7 Å². The van der Waals surface area contributed by atoms with E-state index < -0.39 is 47.4 Å². The topological polar surface area (TPSA) is 179 Å². The lowest BCUT2D eigenvalue weighted by Gasteiger charge is -2.58. The third-order valence-electron chi connectivity index (χ3n) is 33.7. The summed E-state index contributed by atoms with van der Waals surface area (Å²) in [5.41, 5.74) is 5.58. The van der Waals surface area contributed by atoms with Crippen molar-refractivity contribution in [3.05, 3.63) is 235 Å². The third kappa shape index (κ3) is 17.1. The molecule has 0 bridgehead atoms. The molecule has 0 amide bonds. The molecule has 21 atom stereocenters. The van der Waals surface area contributed by atoms with E-state index in [1.54, 1.807) is 55.9 Å². The molecule has 17 nitrogen and oxygen atoms in total. The molecule has 8 aliphatic carbocycles. The standard InChI is InChI=1S/C109H142N4O13/c1-16-118-80-39-43-86(96(63-80)121-82-49-55-105(10)76(61-82)33-41-84-90-47-45-88(70(7)25-21-23-68(3)4)107(90,12)57-51-92(84)105)101(94-53-59-110-125-94)113-103(114)72(9)66-112(104(113)115)100-65-98(99(123-100)67-120-109(73-27-19-18-20-28-73,74-29-35-78(116-14)36-30-74)75-31-37-79(117-15)38-32-75)124-102(95-54-60-111-126-95)87-44-40-81(119-17-2)64-97(87)122-83-50-56-106(11)77(62-83)34-42-85-91-48-46-89(71(8)26-22-24-69(5)6)108(91,13)58-52-93(85)106/h18-20,27-40,43-44,53-54,59-60,63-64,66,68-71,82-85,88-93,98-102H,16-17,21-26,41-42,45-52,55-58,61-62,65,67H2,1-15H3/t70-,71-,82?,83+,84+,85+,88-,89-,90+,91+,92+,93+,98+,99-,100-,101?,102?,105+,106+,107-,108-/m1/s1. The Morgan fingerprint density at radius 3 is 1.52 bits per heavy atom. The molecule has 4 heterocycles. The van der Waals surface area contributed by atoms with Gasteiger partial charge in [-0.2, -0.15) is 0 Å². The highest BCUT2D eigenvalue weighted by Crippen LogP contribution is 2.70. The molecule has 0 N–H and O–H groups in total. The quantitative estimate of drug-likeness (QED) is 0.0274. The van der Waals surface area contributed by atoms with E-state index in [1.807, 2.05) is 123 Å². The van der Waals surface area contributed by atoms with Crippen LogP contribution in [0.3, 0.4) is 0 Å². The van der Waals surface area contributed by atoms with Gasteiger partial charge in [0.1, 0.15) is 76.8 Å². The Morgan fingerprint density at radius 2 is 1.03 bits per heavy atom. The minimum atomic E-state index is -1.29. The highest BCUT2D eigenvalue weighted by atomic mass is 16.6. The van der Waals surface area contributed by atoms with Crippen LogP contribution < -0.4 is 39.7 Å². The molecule has 3 unspecified atom stereocenters. The van der Waals surface area contributed by atoms with E-state index in [0.29, 0.717) is 105 Å². The van der Waals surface area contributed by atoms with Crippen LogP contribution in [-0.2, 0) is 19.8 Å². The van der Waals surface area contributed by atoms with Crippen LogP contribution >= 0.6 is 0 Å². The van der Waals surface area contributed by atoms with Gasteiger partial charge in [0.15, 0.2) is 11.5 Å². The van der Waals surface area contributed by atoms with Gasteiger partial charge >= 0.3 is 5.69 Å². The molecule has 5 aromatic carbocycles.